The maximum Gasteiger partial charge on any atom is 0.335 e. The minimum atomic E-state index is -1.20. The summed E-state index contributed by atoms with van der Waals surface area (Å²) in [6, 6.07) is 4.04. The molecule has 14 heavy (non-hydrogen) atoms. The Morgan fingerprint density at radius 2 is 2.21 bits per heavy atom. The van der Waals surface area contributed by atoms with Crippen LogP contribution >= 0.6 is 0 Å². The van der Waals surface area contributed by atoms with E-state index in [1.807, 2.05) is 0 Å². The van der Waals surface area contributed by atoms with Crippen LogP contribution in [0.3, 0.4) is 0 Å². The second-order valence-electron chi connectivity index (χ2n) is 2.60. The summed E-state index contributed by atoms with van der Waals surface area (Å²) in [5.74, 6) is -1.90. The van der Waals surface area contributed by atoms with Gasteiger partial charge in [-0.25, -0.2) is 9.18 Å². The number of ether oxygens (including phenoxy) is 1. The normalized spacial score (nSPS) is 9.57. The Balaban J connectivity index is 3.27. The molecule has 0 saturated heterocycles. The third-order valence-corrected chi connectivity index (χ3v) is 1.75. The third-order valence-electron chi connectivity index (χ3n) is 1.75. The molecule has 0 amide bonds. The topological polar surface area (TPSA) is 46.5 Å². The molecule has 0 spiro atoms. The molecule has 74 valence electrons. The summed E-state index contributed by atoms with van der Waals surface area (Å²) in [6.07, 6.45) is 0. The molecule has 0 atom stereocenters. The second kappa shape index (κ2) is 3.91. The van der Waals surface area contributed by atoms with Crippen LogP contribution in [0.15, 0.2) is 24.8 Å². The van der Waals surface area contributed by atoms with Crippen LogP contribution in [0.5, 0.6) is 5.75 Å². The predicted molar refractivity (Wildman–Crippen MR) is 49.6 cm³/mol. The lowest BCUT2D eigenvalue weighted by Gasteiger charge is -2.08. The van der Waals surface area contributed by atoms with Gasteiger partial charge in [-0.2, -0.15) is 0 Å². The van der Waals surface area contributed by atoms with Crippen molar-refractivity contribution in [3.8, 4) is 5.75 Å². The average Bonchev–Trinajstić information content (AvgIpc) is 2.16. The Morgan fingerprint density at radius 1 is 1.57 bits per heavy atom. The maximum atomic E-state index is 13.1. The number of carboxylic acid groups (broad SMARTS) is 1. The molecule has 0 unspecified atom stereocenters. The third kappa shape index (κ3) is 1.74. The highest BCUT2D eigenvalue weighted by molar-refractivity contribution is 6.15. The highest BCUT2D eigenvalue weighted by atomic mass is 19.1. The number of rotatable bonds is 3. The fraction of sp³-hybridized carbons (Fsp3) is 0.100. The van der Waals surface area contributed by atoms with E-state index in [0.717, 1.165) is 0 Å². The van der Waals surface area contributed by atoms with Crippen LogP contribution in [-0.4, -0.2) is 18.2 Å². The van der Waals surface area contributed by atoms with Gasteiger partial charge in [0, 0.05) is 5.56 Å². The molecule has 1 aromatic carbocycles. The number of para-hydroxylation sites is 1. The Labute approximate surface area is 80.4 Å². The zero-order chi connectivity index (χ0) is 10.7. The zero-order valence-electron chi connectivity index (χ0n) is 7.58. The van der Waals surface area contributed by atoms with Gasteiger partial charge in [0.1, 0.15) is 0 Å². The van der Waals surface area contributed by atoms with Crippen molar-refractivity contribution in [3.05, 3.63) is 36.2 Å². The molecular formula is C10H9FO3. The molecule has 1 aromatic rings. The van der Waals surface area contributed by atoms with E-state index in [1.165, 1.54) is 25.3 Å². The van der Waals surface area contributed by atoms with E-state index in [9.17, 15) is 9.18 Å². The van der Waals surface area contributed by atoms with Crippen LogP contribution in [0, 0.1) is 5.82 Å². The van der Waals surface area contributed by atoms with Crippen molar-refractivity contribution in [2.45, 2.75) is 0 Å². The number of halogens is 1. The number of carbonyl (C=O) groups is 1. The smallest absolute Gasteiger partial charge is 0.335 e. The molecule has 1 rings (SSSR count). The van der Waals surface area contributed by atoms with Gasteiger partial charge in [0.25, 0.3) is 0 Å². The SMILES string of the molecule is C=C(C(=O)O)c1cccc(F)c1OC. The van der Waals surface area contributed by atoms with Crippen LogP contribution < -0.4 is 4.74 Å². The number of hydrogen-bond acceptors (Lipinski definition) is 2. The fourth-order valence-electron chi connectivity index (χ4n) is 1.07. The summed E-state index contributed by atoms with van der Waals surface area (Å²) < 4.78 is 17.9. The van der Waals surface area contributed by atoms with Crippen molar-refractivity contribution in [1.82, 2.24) is 0 Å². The van der Waals surface area contributed by atoms with Crippen molar-refractivity contribution >= 4 is 11.5 Å². The highest BCUT2D eigenvalue weighted by Gasteiger charge is 2.15. The lowest BCUT2D eigenvalue weighted by molar-refractivity contribution is -0.130. The molecule has 0 aliphatic carbocycles. The van der Waals surface area contributed by atoms with Crippen molar-refractivity contribution in [2.24, 2.45) is 0 Å². The van der Waals surface area contributed by atoms with Gasteiger partial charge in [-0.15, -0.1) is 0 Å². The molecule has 0 aromatic heterocycles. The molecule has 0 bridgehead atoms. The minimum Gasteiger partial charge on any atom is -0.493 e. The van der Waals surface area contributed by atoms with Crippen molar-refractivity contribution in [1.29, 1.82) is 0 Å². The first-order chi connectivity index (χ1) is 6.57. The van der Waals surface area contributed by atoms with E-state index in [-0.39, 0.29) is 16.9 Å². The summed E-state index contributed by atoms with van der Waals surface area (Å²) in [5.41, 5.74) is -0.0404. The summed E-state index contributed by atoms with van der Waals surface area (Å²) in [7, 11) is 1.27. The number of aliphatic carboxylic acids is 1. The summed E-state index contributed by atoms with van der Waals surface area (Å²) in [6.45, 7) is 3.33. The summed E-state index contributed by atoms with van der Waals surface area (Å²) in [5, 5.41) is 8.67. The first-order valence-corrected chi connectivity index (χ1v) is 3.83. The van der Waals surface area contributed by atoms with E-state index in [4.69, 9.17) is 9.84 Å². The summed E-state index contributed by atoms with van der Waals surface area (Å²) in [4.78, 5) is 10.6. The van der Waals surface area contributed by atoms with Crippen molar-refractivity contribution < 1.29 is 19.0 Å². The molecule has 1 N–H and O–H groups in total. The van der Waals surface area contributed by atoms with Gasteiger partial charge in [-0.3, -0.25) is 0 Å². The van der Waals surface area contributed by atoms with Gasteiger partial charge in [-0.05, 0) is 6.07 Å². The van der Waals surface area contributed by atoms with E-state index in [0.29, 0.717) is 0 Å². The molecule has 4 heteroatoms. The molecule has 0 saturated carbocycles. The standard InChI is InChI=1S/C10H9FO3/c1-6(10(12)13)7-4-3-5-8(11)9(7)14-2/h3-5H,1H2,2H3,(H,12,13). The van der Waals surface area contributed by atoms with Gasteiger partial charge in [-0.1, -0.05) is 18.7 Å². The highest BCUT2D eigenvalue weighted by Crippen LogP contribution is 2.27. The van der Waals surface area contributed by atoms with Crippen molar-refractivity contribution in [2.75, 3.05) is 7.11 Å². The Kier molecular flexibility index (Phi) is 2.86. The van der Waals surface area contributed by atoms with Gasteiger partial charge < -0.3 is 9.84 Å². The van der Waals surface area contributed by atoms with Gasteiger partial charge in [0.2, 0.25) is 0 Å². The number of hydrogen-bond donors (Lipinski definition) is 1. The van der Waals surface area contributed by atoms with Crippen LogP contribution in [-0.2, 0) is 4.79 Å². The zero-order valence-corrected chi connectivity index (χ0v) is 7.58. The van der Waals surface area contributed by atoms with Gasteiger partial charge >= 0.3 is 5.97 Å². The first-order valence-electron chi connectivity index (χ1n) is 3.83. The Bertz CT molecular complexity index is 385. The molecular weight excluding hydrogens is 187 g/mol. The van der Waals surface area contributed by atoms with Crippen LogP contribution in [0.25, 0.3) is 5.57 Å². The van der Waals surface area contributed by atoms with E-state index in [1.54, 1.807) is 0 Å². The monoisotopic (exact) mass is 196 g/mol. The van der Waals surface area contributed by atoms with Crippen LogP contribution in [0.1, 0.15) is 5.56 Å². The summed E-state index contributed by atoms with van der Waals surface area (Å²) >= 11 is 0. The second-order valence-corrected chi connectivity index (χ2v) is 2.60. The molecule has 0 aliphatic heterocycles. The quantitative estimate of drug-likeness (QED) is 0.751. The minimum absolute atomic E-state index is 0.0973. The number of carboxylic acids is 1. The van der Waals surface area contributed by atoms with E-state index >= 15 is 0 Å². The largest absolute Gasteiger partial charge is 0.493 e. The maximum absolute atomic E-state index is 13.1. The van der Waals surface area contributed by atoms with Gasteiger partial charge in [0.05, 0.1) is 12.7 Å². The number of methoxy groups -OCH3 is 1. The van der Waals surface area contributed by atoms with E-state index < -0.39 is 11.8 Å². The lowest BCUT2D eigenvalue weighted by Crippen LogP contribution is -2.01. The Hall–Kier alpha value is -1.84. The molecule has 0 heterocycles. The van der Waals surface area contributed by atoms with Gasteiger partial charge in [0.15, 0.2) is 11.6 Å². The van der Waals surface area contributed by atoms with Crippen molar-refractivity contribution in [3.63, 3.8) is 0 Å². The van der Waals surface area contributed by atoms with Crippen LogP contribution in [0.4, 0.5) is 4.39 Å². The average molecular weight is 196 g/mol. The Morgan fingerprint density at radius 3 is 2.71 bits per heavy atom. The first kappa shape index (κ1) is 10.2. The lowest BCUT2D eigenvalue weighted by atomic mass is 10.1. The molecule has 0 aliphatic rings. The van der Waals surface area contributed by atoms with Crippen LogP contribution in [0.2, 0.25) is 0 Å². The fourth-order valence-corrected chi connectivity index (χ4v) is 1.07. The predicted octanol–water partition coefficient (Wildman–Crippen LogP) is 1.93. The molecule has 0 radical (unpaired) electrons. The number of benzene rings is 1. The molecule has 0 fully saturated rings. The molecule has 3 nitrogen and oxygen atoms in total. The van der Waals surface area contributed by atoms with E-state index in [2.05, 4.69) is 6.58 Å².